The first kappa shape index (κ1) is 23.5. The zero-order chi connectivity index (χ0) is 23.2. The largest absolute Gasteiger partial charge is 0.370 e. The molecular formula is C26H36N4O3. The van der Waals surface area contributed by atoms with Crippen molar-refractivity contribution in [3.8, 4) is 0 Å². The van der Waals surface area contributed by atoms with Crippen molar-refractivity contribution in [2.45, 2.75) is 77.5 Å². The molecule has 2 aromatic rings. The lowest BCUT2D eigenvalue weighted by atomic mass is 9.94. The maximum Gasteiger partial charge on any atom is 0.242 e. The highest BCUT2D eigenvalue weighted by Crippen LogP contribution is 2.25. The molecule has 33 heavy (non-hydrogen) atoms. The molecular weight excluding hydrogens is 416 g/mol. The summed E-state index contributed by atoms with van der Waals surface area (Å²) in [6.45, 7) is 5.56. The number of carbonyl (C=O) groups excluding carboxylic acids is 2. The summed E-state index contributed by atoms with van der Waals surface area (Å²) < 4.78 is 6.28. The second-order valence-corrected chi connectivity index (χ2v) is 9.44. The Morgan fingerprint density at radius 3 is 2.58 bits per heavy atom. The Labute approximate surface area is 196 Å². The average Bonchev–Trinajstić information content (AvgIpc) is 3.05. The number of carbonyl (C=O) groups is 2. The lowest BCUT2D eigenvalue weighted by Gasteiger charge is -2.34. The number of hydrogen-bond acceptors (Lipinski definition) is 4. The molecule has 2 amide bonds. The van der Waals surface area contributed by atoms with Crippen LogP contribution in [0.5, 0.6) is 0 Å². The summed E-state index contributed by atoms with van der Waals surface area (Å²) in [4.78, 5) is 30.2. The summed E-state index contributed by atoms with van der Waals surface area (Å²) in [7, 11) is 0. The molecule has 2 heterocycles. The van der Waals surface area contributed by atoms with Crippen LogP contribution in [0.25, 0.3) is 0 Å². The Morgan fingerprint density at radius 2 is 1.88 bits per heavy atom. The first-order chi connectivity index (χ1) is 16.0. The number of nitrogens with zero attached hydrogens (tertiary/aromatic N) is 3. The van der Waals surface area contributed by atoms with Gasteiger partial charge in [-0.15, -0.1) is 0 Å². The topological polar surface area (TPSA) is 78.5 Å². The van der Waals surface area contributed by atoms with Crippen LogP contribution in [0, 0.1) is 13.8 Å². The Hall–Kier alpha value is -2.67. The van der Waals surface area contributed by atoms with E-state index in [9.17, 15) is 9.59 Å². The molecule has 1 atom stereocenters. The fourth-order valence-electron chi connectivity index (χ4n) is 5.10. The molecule has 178 valence electrons. The Balaban J connectivity index is 1.45. The number of rotatable bonds is 7. The summed E-state index contributed by atoms with van der Waals surface area (Å²) >= 11 is 0. The van der Waals surface area contributed by atoms with E-state index in [1.54, 1.807) is 4.90 Å². The Morgan fingerprint density at radius 1 is 1.12 bits per heavy atom. The van der Waals surface area contributed by atoms with Crippen LogP contribution in [0.15, 0.2) is 30.3 Å². The van der Waals surface area contributed by atoms with Crippen LogP contribution >= 0.6 is 0 Å². The quantitative estimate of drug-likeness (QED) is 0.697. The van der Waals surface area contributed by atoms with Crippen molar-refractivity contribution in [2.24, 2.45) is 0 Å². The lowest BCUT2D eigenvalue weighted by molar-refractivity contribution is -0.140. The van der Waals surface area contributed by atoms with Crippen LogP contribution in [0.4, 0.5) is 0 Å². The van der Waals surface area contributed by atoms with Crippen molar-refractivity contribution < 1.29 is 14.3 Å². The fourth-order valence-corrected chi connectivity index (χ4v) is 5.10. The monoisotopic (exact) mass is 452 g/mol. The third-order valence-corrected chi connectivity index (χ3v) is 7.04. The Bertz CT molecular complexity index is 917. The fraction of sp³-hybridized carbons (Fsp3) is 0.577. The van der Waals surface area contributed by atoms with Gasteiger partial charge in [-0.1, -0.05) is 49.6 Å². The van der Waals surface area contributed by atoms with Gasteiger partial charge in [0, 0.05) is 31.2 Å². The van der Waals surface area contributed by atoms with Gasteiger partial charge in [0.15, 0.2) is 0 Å². The third-order valence-electron chi connectivity index (χ3n) is 7.04. The average molecular weight is 453 g/mol. The molecule has 1 aliphatic carbocycles. The number of nitrogens with one attached hydrogen (secondary N) is 1. The van der Waals surface area contributed by atoms with Crippen molar-refractivity contribution in [3.63, 3.8) is 0 Å². The number of aromatic amines is 1. The molecule has 7 nitrogen and oxygen atoms in total. The maximum absolute atomic E-state index is 13.3. The number of amides is 2. The smallest absolute Gasteiger partial charge is 0.242 e. The second kappa shape index (κ2) is 11.0. The maximum atomic E-state index is 13.3. The molecule has 2 fully saturated rings. The molecule has 1 N–H and O–H groups in total. The summed E-state index contributed by atoms with van der Waals surface area (Å²) in [5.74, 6) is 0.0545. The molecule has 1 aromatic carbocycles. The number of aromatic nitrogens is 2. The molecule has 1 saturated carbocycles. The van der Waals surface area contributed by atoms with Crippen LogP contribution in [-0.2, 0) is 27.4 Å². The van der Waals surface area contributed by atoms with Gasteiger partial charge in [-0.05, 0) is 44.2 Å². The van der Waals surface area contributed by atoms with Gasteiger partial charge in [-0.2, -0.15) is 5.10 Å². The molecule has 2 aliphatic rings. The second-order valence-electron chi connectivity index (χ2n) is 9.44. The van der Waals surface area contributed by atoms with E-state index >= 15 is 0 Å². The van der Waals surface area contributed by atoms with Gasteiger partial charge in [-0.3, -0.25) is 14.7 Å². The third kappa shape index (κ3) is 6.02. The standard InChI is InChI=1S/C26H36N4O3/c1-19-24(20(2)28-27-19)13-14-25(31)29-15-23(33-18-21-9-5-3-6-10-21)16-30(26(32)17-29)22-11-7-4-8-12-22/h3,5-6,9-10,22-23H,4,7-8,11-18H2,1-2H3,(H,27,28). The number of H-pyrrole nitrogens is 1. The van der Waals surface area contributed by atoms with Gasteiger partial charge in [0.2, 0.25) is 11.8 Å². The molecule has 1 aliphatic heterocycles. The van der Waals surface area contributed by atoms with E-state index in [2.05, 4.69) is 10.2 Å². The predicted octanol–water partition coefficient (Wildman–Crippen LogP) is 3.55. The van der Waals surface area contributed by atoms with E-state index in [1.807, 2.05) is 49.1 Å². The van der Waals surface area contributed by atoms with Crippen LogP contribution < -0.4 is 0 Å². The molecule has 4 rings (SSSR count). The highest BCUT2D eigenvalue weighted by Gasteiger charge is 2.34. The highest BCUT2D eigenvalue weighted by atomic mass is 16.5. The molecule has 1 unspecified atom stereocenters. The van der Waals surface area contributed by atoms with Gasteiger partial charge in [0.05, 0.1) is 24.9 Å². The van der Waals surface area contributed by atoms with E-state index in [0.717, 1.165) is 48.2 Å². The summed E-state index contributed by atoms with van der Waals surface area (Å²) in [5, 5.41) is 7.21. The zero-order valence-electron chi connectivity index (χ0n) is 19.9. The summed E-state index contributed by atoms with van der Waals surface area (Å²) in [5.41, 5.74) is 4.12. The normalized spacial score (nSPS) is 20.2. The minimum absolute atomic E-state index is 0.00200. The molecule has 7 heteroatoms. The molecule has 0 bridgehead atoms. The van der Waals surface area contributed by atoms with E-state index in [0.29, 0.717) is 32.5 Å². The highest BCUT2D eigenvalue weighted by molar-refractivity contribution is 5.85. The van der Waals surface area contributed by atoms with E-state index < -0.39 is 0 Å². The molecule has 1 aromatic heterocycles. The number of aryl methyl sites for hydroxylation is 2. The van der Waals surface area contributed by atoms with E-state index in [1.165, 1.54) is 6.42 Å². The first-order valence-electron chi connectivity index (χ1n) is 12.2. The molecule has 0 spiro atoms. The van der Waals surface area contributed by atoms with Crippen molar-refractivity contribution in [3.05, 3.63) is 52.8 Å². The minimum atomic E-state index is -0.195. The van der Waals surface area contributed by atoms with E-state index in [-0.39, 0.29) is 30.5 Å². The van der Waals surface area contributed by atoms with Crippen molar-refractivity contribution >= 4 is 11.8 Å². The number of hydrogen-bond donors (Lipinski definition) is 1. The van der Waals surface area contributed by atoms with Crippen LogP contribution in [-0.4, -0.2) is 63.6 Å². The van der Waals surface area contributed by atoms with Gasteiger partial charge >= 0.3 is 0 Å². The number of ether oxygens (including phenoxy) is 1. The molecule has 1 saturated heterocycles. The summed E-state index contributed by atoms with van der Waals surface area (Å²) in [6, 6.07) is 10.3. The van der Waals surface area contributed by atoms with Crippen molar-refractivity contribution in [2.75, 3.05) is 19.6 Å². The van der Waals surface area contributed by atoms with Gasteiger partial charge in [0.25, 0.3) is 0 Å². The minimum Gasteiger partial charge on any atom is -0.370 e. The number of benzene rings is 1. The van der Waals surface area contributed by atoms with Gasteiger partial charge in [-0.25, -0.2) is 0 Å². The predicted molar refractivity (Wildman–Crippen MR) is 127 cm³/mol. The van der Waals surface area contributed by atoms with Crippen LogP contribution in [0.3, 0.4) is 0 Å². The van der Waals surface area contributed by atoms with E-state index in [4.69, 9.17) is 4.74 Å². The zero-order valence-corrected chi connectivity index (χ0v) is 19.9. The van der Waals surface area contributed by atoms with Crippen molar-refractivity contribution in [1.82, 2.24) is 20.0 Å². The van der Waals surface area contributed by atoms with Crippen LogP contribution in [0.2, 0.25) is 0 Å². The van der Waals surface area contributed by atoms with Gasteiger partial charge in [0.1, 0.15) is 0 Å². The molecule has 0 radical (unpaired) electrons. The first-order valence-corrected chi connectivity index (χ1v) is 12.2. The van der Waals surface area contributed by atoms with Gasteiger partial charge < -0.3 is 14.5 Å². The Kier molecular flexibility index (Phi) is 7.81. The summed E-state index contributed by atoms with van der Waals surface area (Å²) in [6.07, 6.45) is 6.45. The van der Waals surface area contributed by atoms with Crippen LogP contribution in [0.1, 0.15) is 61.0 Å². The SMILES string of the molecule is Cc1n[nH]c(C)c1CCC(=O)N1CC(=O)N(C2CCCCC2)CC(OCc2ccccc2)C1. The lowest BCUT2D eigenvalue weighted by Crippen LogP contribution is -2.46. The van der Waals surface area contributed by atoms with Crippen molar-refractivity contribution in [1.29, 1.82) is 0 Å².